The lowest BCUT2D eigenvalue weighted by Crippen LogP contribution is -2.50. The number of aromatic nitrogens is 3. The number of nitrogens with zero attached hydrogens (tertiary/aromatic N) is 5. The normalized spacial score (nSPS) is 16.3. The monoisotopic (exact) mass is 316 g/mol. The molecule has 1 fully saturated rings. The van der Waals surface area contributed by atoms with E-state index in [1.165, 1.54) is 0 Å². The summed E-state index contributed by atoms with van der Waals surface area (Å²) < 4.78 is 1.88. The zero-order valence-electron chi connectivity index (χ0n) is 14.0. The first-order chi connectivity index (χ1) is 11.0. The van der Waals surface area contributed by atoms with Crippen LogP contribution in [0, 0.1) is 6.92 Å². The minimum atomic E-state index is 0.0973. The van der Waals surface area contributed by atoms with Crippen LogP contribution < -0.4 is 10.2 Å². The minimum Gasteiger partial charge on any atom is -0.353 e. The van der Waals surface area contributed by atoms with Gasteiger partial charge in [-0.15, -0.1) is 0 Å². The number of nitrogens with one attached hydrogen (secondary N) is 1. The van der Waals surface area contributed by atoms with Gasteiger partial charge in [0.25, 0.3) is 0 Å². The fourth-order valence-electron chi connectivity index (χ4n) is 2.96. The van der Waals surface area contributed by atoms with E-state index in [9.17, 15) is 4.79 Å². The Kier molecular flexibility index (Phi) is 4.47. The second-order valence-electron chi connectivity index (χ2n) is 6.35. The lowest BCUT2D eigenvalue weighted by atomic mass is 10.3. The van der Waals surface area contributed by atoms with Gasteiger partial charge in [0.1, 0.15) is 5.52 Å². The Balaban J connectivity index is 1.63. The van der Waals surface area contributed by atoms with Crippen molar-refractivity contribution in [3.63, 3.8) is 0 Å². The van der Waals surface area contributed by atoms with Gasteiger partial charge < -0.3 is 10.2 Å². The lowest BCUT2D eigenvalue weighted by molar-refractivity contribution is -0.122. The van der Waals surface area contributed by atoms with Crippen molar-refractivity contribution in [1.82, 2.24) is 24.8 Å². The molecule has 0 aromatic carbocycles. The summed E-state index contributed by atoms with van der Waals surface area (Å²) in [5.41, 5.74) is 2.03. The van der Waals surface area contributed by atoms with E-state index in [-0.39, 0.29) is 11.9 Å². The zero-order valence-corrected chi connectivity index (χ0v) is 14.0. The van der Waals surface area contributed by atoms with Gasteiger partial charge in [0, 0.05) is 44.6 Å². The third-order valence-corrected chi connectivity index (χ3v) is 3.98. The van der Waals surface area contributed by atoms with Gasteiger partial charge in [0.15, 0.2) is 5.82 Å². The van der Waals surface area contributed by atoms with E-state index in [1.54, 1.807) is 6.20 Å². The largest absolute Gasteiger partial charge is 0.353 e. The molecule has 1 amide bonds. The Morgan fingerprint density at radius 2 is 2.04 bits per heavy atom. The Bertz CT molecular complexity index is 687. The predicted molar refractivity (Wildman–Crippen MR) is 89.7 cm³/mol. The number of fused-ring (bicyclic) bond motifs is 1. The molecule has 1 N–H and O–H groups in total. The number of piperazine rings is 1. The van der Waals surface area contributed by atoms with Gasteiger partial charge in [-0.2, -0.15) is 5.10 Å². The van der Waals surface area contributed by atoms with Gasteiger partial charge >= 0.3 is 0 Å². The van der Waals surface area contributed by atoms with Crippen molar-refractivity contribution in [2.24, 2.45) is 0 Å². The molecule has 1 saturated heterocycles. The van der Waals surface area contributed by atoms with Crippen molar-refractivity contribution in [3.8, 4) is 0 Å². The fraction of sp³-hybridized carbons (Fsp3) is 0.562. The molecular formula is C16H24N6O. The molecule has 0 spiro atoms. The molecule has 7 nitrogen and oxygen atoms in total. The van der Waals surface area contributed by atoms with Gasteiger partial charge in [-0.3, -0.25) is 9.69 Å². The Labute approximate surface area is 136 Å². The second-order valence-corrected chi connectivity index (χ2v) is 6.35. The maximum Gasteiger partial charge on any atom is 0.234 e. The van der Waals surface area contributed by atoms with Gasteiger partial charge in [-0.25, -0.2) is 9.50 Å². The molecule has 23 heavy (non-hydrogen) atoms. The van der Waals surface area contributed by atoms with E-state index in [2.05, 4.69) is 31.3 Å². The highest BCUT2D eigenvalue weighted by Gasteiger charge is 2.21. The first kappa shape index (κ1) is 15.7. The maximum atomic E-state index is 11.9. The molecule has 0 radical (unpaired) electrons. The lowest BCUT2D eigenvalue weighted by Gasteiger charge is -2.35. The summed E-state index contributed by atoms with van der Waals surface area (Å²) in [6, 6.07) is 2.25. The van der Waals surface area contributed by atoms with Crippen LogP contribution in [0.2, 0.25) is 0 Å². The molecular weight excluding hydrogens is 292 g/mol. The molecule has 2 aromatic heterocycles. The van der Waals surface area contributed by atoms with Crippen LogP contribution in [0.1, 0.15) is 19.5 Å². The standard InChI is InChI=1S/C16H24N6O/c1-12(2)18-15(23)11-20-6-8-21(9-7-20)16-14-10-13(3)19-22(14)5-4-17-16/h4-5,10,12H,6-9,11H2,1-3H3,(H,18,23). The minimum absolute atomic E-state index is 0.0973. The predicted octanol–water partition coefficient (Wildman–Crippen LogP) is 0.684. The molecule has 124 valence electrons. The third kappa shape index (κ3) is 3.61. The van der Waals surface area contributed by atoms with Crippen LogP contribution in [0.5, 0.6) is 0 Å². The van der Waals surface area contributed by atoms with E-state index in [0.29, 0.717) is 6.54 Å². The van der Waals surface area contributed by atoms with Crippen molar-refractivity contribution in [2.45, 2.75) is 26.8 Å². The van der Waals surface area contributed by atoms with E-state index in [0.717, 1.165) is 43.2 Å². The summed E-state index contributed by atoms with van der Waals surface area (Å²) in [5.74, 6) is 1.07. The highest BCUT2D eigenvalue weighted by molar-refractivity contribution is 5.78. The highest BCUT2D eigenvalue weighted by Crippen LogP contribution is 2.20. The average Bonchev–Trinajstić information content (AvgIpc) is 2.87. The second kappa shape index (κ2) is 6.54. The zero-order chi connectivity index (χ0) is 16.4. The van der Waals surface area contributed by atoms with Gasteiger partial charge in [0.2, 0.25) is 5.91 Å². The SMILES string of the molecule is Cc1cc2c(N3CCN(CC(=O)NC(C)C)CC3)nccn2n1. The smallest absolute Gasteiger partial charge is 0.234 e. The number of hydrogen-bond acceptors (Lipinski definition) is 5. The molecule has 1 aliphatic heterocycles. The number of hydrogen-bond donors (Lipinski definition) is 1. The van der Waals surface area contributed by atoms with Crippen LogP contribution in [-0.4, -0.2) is 64.2 Å². The molecule has 0 atom stereocenters. The van der Waals surface area contributed by atoms with Crippen molar-refractivity contribution in [3.05, 3.63) is 24.2 Å². The van der Waals surface area contributed by atoms with Crippen LogP contribution in [-0.2, 0) is 4.79 Å². The summed E-state index contributed by atoms with van der Waals surface area (Å²) in [4.78, 5) is 20.9. The Morgan fingerprint density at radius 1 is 1.30 bits per heavy atom. The molecule has 0 aliphatic carbocycles. The van der Waals surface area contributed by atoms with Gasteiger partial charge in [0.05, 0.1) is 12.2 Å². The molecule has 1 aliphatic rings. The molecule has 0 bridgehead atoms. The summed E-state index contributed by atoms with van der Waals surface area (Å²) in [6.45, 7) is 9.88. The first-order valence-corrected chi connectivity index (χ1v) is 8.10. The number of rotatable bonds is 4. The number of aryl methyl sites for hydroxylation is 1. The third-order valence-electron chi connectivity index (χ3n) is 3.98. The van der Waals surface area contributed by atoms with Crippen LogP contribution in [0.15, 0.2) is 18.5 Å². The van der Waals surface area contributed by atoms with E-state index in [1.807, 2.05) is 31.5 Å². The fourth-order valence-corrected chi connectivity index (χ4v) is 2.96. The number of anilines is 1. The molecule has 0 unspecified atom stereocenters. The number of carbonyl (C=O) groups excluding carboxylic acids is 1. The van der Waals surface area contributed by atoms with Gasteiger partial charge in [-0.1, -0.05) is 0 Å². The van der Waals surface area contributed by atoms with Gasteiger partial charge in [-0.05, 0) is 26.8 Å². The maximum absolute atomic E-state index is 11.9. The molecule has 0 saturated carbocycles. The first-order valence-electron chi connectivity index (χ1n) is 8.10. The van der Waals surface area contributed by atoms with Crippen molar-refractivity contribution >= 4 is 17.2 Å². The number of amides is 1. The topological polar surface area (TPSA) is 65.8 Å². The Hall–Kier alpha value is -2.15. The van der Waals surface area contributed by atoms with Crippen molar-refractivity contribution in [2.75, 3.05) is 37.6 Å². The molecule has 3 heterocycles. The van der Waals surface area contributed by atoms with Crippen LogP contribution in [0.4, 0.5) is 5.82 Å². The van der Waals surface area contributed by atoms with E-state index in [4.69, 9.17) is 0 Å². The summed E-state index contributed by atoms with van der Waals surface area (Å²) >= 11 is 0. The quantitative estimate of drug-likeness (QED) is 0.899. The highest BCUT2D eigenvalue weighted by atomic mass is 16.2. The Morgan fingerprint density at radius 3 is 2.74 bits per heavy atom. The van der Waals surface area contributed by atoms with E-state index >= 15 is 0 Å². The van der Waals surface area contributed by atoms with Crippen LogP contribution in [0.3, 0.4) is 0 Å². The average molecular weight is 316 g/mol. The van der Waals surface area contributed by atoms with Crippen molar-refractivity contribution in [1.29, 1.82) is 0 Å². The van der Waals surface area contributed by atoms with Crippen LogP contribution >= 0.6 is 0 Å². The molecule has 3 rings (SSSR count). The van der Waals surface area contributed by atoms with E-state index < -0.39 is 0 Å². The molecule has 2 aromatic rings. The molecule has 7 heteroatoms. The van der Waals surface area contributed by atoms with Crippen molar-refractivity contribution < 1.29 is 4.79 Å². The summed E-state index contributed by atoms with van der Waals surface area (Å²) in [5, 5.41) is 7.38. The number of carbonyl (C=O) groups is 1. The van der Waals surface area contributed by atoms with Crippen LogP contribution in [0.25, 0.3) is 5.52 Å². The summed E-state index contributed by atoms with van der Waals surface area (Å²) in [7, 11) is 0. The summed E-state index contributed by atoms with van der Waals surface area (Å²) in [6.07, 6.45) is 3.66.